The van der Waals surface area contributed by atoms with Crippen molar-refractivity contribution >= 4 is 18.0 Å². The van der Waals surface area contributed by atoms with Crippen LogP contribution in [0.4, 0.5) is 0 Å². The van der Waals surface area contributed by atoms with Crippen LogP contribution in [0.2, 0.25) is 0 Å². The van der Waals surface area contributed by atoms with E-state index in [9.17, 15) is 0 Å². The maximum atomic E-state index is 9.14. The Balaban J connectivity index is 0.000000162. The van der Waals surface area contributed by atoms with Gasteiger partial charge in [0.1, 0.15) is 0 Å². The van der Waals surface area contributed by atoms with Gasteiger partial charge in [0.15, 0.2) is 0 Å². The Morgan fingerprint density at radius 3 is 2.00 bits per heavy atom. The van der Waals surface area contributed by atoms with Crippen molar-refractivity contribution in [2.75, 3.05) is 0 Å². The number of nitrogens with zero attached hydrogens (tertiary/aromatic N) is 1. The van der Waals surface area contributed by atoms with Crippen LogP contribution in [-0.4, -0.2) is 20.5 Å². The predicted molar refractivity (Wildman–Crippen MR) is 39.3 cm³/mol. The number of rotatable bonds is 1. The van der Waals surface area contributed by atoms with E-state index in [2.05, 4.69) is 16.1 Å². The zero-order valence-corrected chi connectivity index (χ0v) is 6.00. The summed E-state index contributed by atoms with van der Waals surface area (Å²) < 4.78 is 20.8. The first-order valence-electron chi connectivity index (χ1n) is 2.41. The average molecular weight is 159 g/mol. The number of H-pyrrole nitrogens is 1. The van der Waals surface area contributed by atoms with E-state index >= 15 is 0 Å². The highest BCUT2D eigenvalue weighted by molar-refractivity contribution is 7.77. The summed E-state index contributed by atoms with van der Waals surface area (Å²) in [6.07, 6.45) is 3.75. The highest BCUT2D eigenvalue weighted by atomic mass is 32.2. The van der Waals surface area contributed by atoms with Gasteiger partial charge in [-0.1, -0.05) is 0 Å². The van der Waals surface area contributed by atoms with Gasteiger partial charge < -0.3 is 9.54 Å². The standard InChI is InChI=1S/C4H5N.CH3NO2S/c1-2-4-5-3-1;1-2-5(3)4/h1-5H;1H2,(H,3,4)/p-1. The molecular formula is C5H7N2O2S-. The van der Waals surface area contributed by atoms with Crippen LogP contribution in [-0.2, 0) is 11.3 Å². The molecule has 56 valence electrons. The molecule has 10 heavy (non-hydrogen) atoms. The molecule has 0 spiro atoms. The zero-order valence-electron chi connectivity index (χ0n) is 5.19. The normalized spacial score (nSPS) is 10.9. The first kappa shape index (κ1) is 9.06. The van der Waals surface area contributed by atoms with Crippen LogP contribution in [0.5, 0.6) is 0 Å². The molecule has 0 saturated carbocycles. The van der Waals surface area contributed by atoms with E-state index in [0.717, 1.165) is 0 Å². The molecule has 0 aliphatic rings. The molecule has 5 heteroatoms. The van der Waals surface area contributed by atoms with Gasteiger partial charge in [-0.25, -0.2) is 4.40 Å². The lowest BCUT2D eigenvalue weighted by Crippen LogP contribution is -1.72. The van der Waals surface area contributed by atoms with Gasteiger partial charge in [0.25, 0.3) is 0 Å². The Bertz CT molecular complexity index is 168. The van der Waals surface area contributed by atoms with Gasteiger partial charge in [0, 0.05) is 19.1 Å². The summed E-state index contributed by atoms with van der Waals surface area (Å²) in [5.41, 5.74) is 0. The minimum Gasteiger partial charge on any atom is -0.754 e. The summed E-state index contributed by atoms with van der Waals surface area (Å²) in [4.78, 5) is 2.86. The van der Waals surface area contributed by atoms with Crippen LogP contribution >= 0.6 is 0 Å². The second-order valence-corrected chi connectivity index (χ2v) is 1.92. The van der Waals surface area contributed by atoms with Crippen molar-refractivity contribution in [2.24, 2.45) is 4.40 Å². The molecule has 0 aromatic carbocycles. The van der Waals surface area contributed by atoms with E-state index in [1.807, 2.05) is 24.5 Å². The molecule has 1 rings (SSSR count). The van der Waals surface area contributed by atoms with Gasteiger partial charge in [-0.15, -0.1) is 0 Å². The maximum Gasteiger partial charge on any atom is 0.0670 e. The molecule has 1 aromatic heterocycles. The fraction of sp³-hybridized carbons (Fsp3) is 0. The van der Waals surface area contributed by atoms with Crippen molar-refractivity contribution in [3.8, 4) is 0 Å². The van der Waals surface area contributed by atoms with Crippen molar-refractivity contribution in [1.82, 2.24) is 4.98 Å². The molecule has 1 aromatic rings. The highest BCUT2D eigenvalue weighted by Gasteiger charge is 1.55. The summed E-state index contributed by atoms with van der Waals surface area (Å²) in [6.45, 7) is 2.70. The molecule has 0 amide bonds. The van der Waals surface area contributed by atoms with Crippen molar-refractivity contribution in [3.05, 3.63) is 24.5 Å². The smallest absolute Gasteiger partial charge is 0.0670 e. The van der Waals surface area contributed by atoms with Crippen LogP contribution in [0.25, 0.3) is 0 Å². The number of aromatic nitrogens is 1. The molecule has 0 saturated heterocycles. The molecule has 1 N–H and O–H groups in total. The Labute approximate surface area is 61.4 Å². The van der Waals surface area contributed by atoms with E-state index in [0.29, 0.717) is 0 Å². The van der Waals surface area contributed by atoms with Crippen LogP contribution in [0.1, 0.15) is 0 Å². The first-order valence-corrected chi connectivity index (χ1v) is 3.44. The number of hydrogen-bond acceptors (Lipinski definition) is 2. The minimum atomic E-state index is -2.31. The topological polar surface area (TPSA) is 68.3 Å². The highest BCUT2D eigenvalue weighted by Crippen LogP contribution is 1.72. The van der Waals surface area contributed by atoms with Crippen molar-refractivity contribution < 1.29 is 8.76 Å². The van der Waals surface area contributed by atoms with Gasteiger partial charge in [-0.05, 0) is 12.1 Å². The van der Waals surface area contributed by atoms with Gasteiger partial charge >= 0.3 is 0 Å². The molecule has 4 nitrogen and oxygen atoms in total. The lowest BCUT2D eigenvalue weighted by molar-refractivity contribution is 0.539. The van der Waals surface area contributed by atoms with E-state index in [1.165, 1.54) is 0 Å². The monoisotopic (exact) mass is 159 g/mol. The first-order chi connectivity index (χ1) is 4.77. The Morgan fingerprint density at radius 2 is 1.90 bits per heavy atom. The molecule has 0 aliphatic carbocycles. The third kappa shape index (κ3) is 7.06. The average Bonchev–Trinajstić information content (AvgIpc) is 2.43. The number of hydrogen-bond donors (Lipinski definition) is 1. The second-order valence-electron chi connectivity index (χ2n) is 1.23. The SMILES string of the molecule is C=NS(=O)[O-].c1cc[nH]c1. The Kier molecular flexibility index (Phi) is 5.60. The fourth-order valence-electron chi connectivity index (χ4n) is 0.278. The van der Waals surface area contributed by atoms with E-state index < -0.39 is 11.3 Å². The largest absolute Gasteiger partial charge is 0.754 e. The van der Waals surface area contributed by atoms with Crippen LogP contribution in [0, 0.1) is 0 Å². The van der Waals surface area contributed by atoms with Crippen molar-refractivity contribution in [2.45, 2.75) is 0 Å². The minimum absolute atomic E-state index is 1.88. The van der Waals surface area contributed by atoms with Gasteiger partial charge in [0.2, 0.25) is 0 Å². The maximum absolute atomic E-state index is 9.14. The Morgan fingerprint density at radius 1 is 1.50 bits per heavy atom. The summed E-state index contributed by atoms with van der Waals surface area (Å²) in [5, 5.41) is 0. The lowest BCUT2D eigenvalue weighted by atomic mass is 10.7. The quantitative estimate of drug-likeness (QED) is 0.478. The summed E-state index contributed by atoms with van der Waals surface area (Å²) >= 11 is -2.31. The van der Waals surface area contributed by atoms with Gasteiger partial charge in [0.05, 0.1) is 11.3 Å². The summed E-state index contributed by atoms with van der Waals surface area (Å²) in [6, 6.07) is 3.89. The van der Waals surface area contributed by atoms with Crippen LogP contribution in [0.3, 0.4) is 0 Å². The van der Waals surface area contributed by atoms with E-state index in [1.54, 1.807) is 0 Å². The molecule has 1 atom stereocenters. The molecule has 1 unspecified atom stereocenters. The molecule has 1 heterocycles. The lowest BCUT2D eigenvalue weighted by Gasteiger charge is -1.86. The third-order valence-corrected chi connectivity index (χ3v) is 0.812. The summed E-state index contributed by atoms with van der Waals surface area (Å²) in [7, 11) is 0. The summed E-state index contributed by atoms with van der Waals surface area (Å²) in [5.74, 6) is 0. The van der Waals surface area contributed by atoms with Gasteiger partial charge in [-0.2, -0.15) is 0 Å². The Hall–Kier alpha value is -0.940. The molecule has 0 bridgehead atoms. The number of aromatic amines is 1. The number of nitrogens with one attached hydrogen (secondary N) is 1. The van der Waals surface area contributed by atoms with Crippen LogP contribution in [0.15, 0.2) is 28.9 Å². The van der Waals surface area contributed by atoms with E-state index in [-0.39, 0.29) is 0 Å². The van der Waals surface area contributed by atoms with Crippen LogP contribution < -0.4 is 0 Å². The van der Waals surface area contributed by atoms with Crippen molar-refractivity contribution in [3.63, 3.8) is 0 Å². The predicted octanol–water partition coefficient (Wildman–Crippen LogP) is 0.496. The molecule has 0 fully saturated rings. The van der Waals surface area contributed by atoms with E-state index in [4.69, 9.17) is 8.76 Å². The second kappa shape index (κ2) is 6.18. The fourth-order valence-corrected chi connectivity index (χ4v) is 0.278. The zero-order chi connectivity index (χ0) is 7.82. The molecule has 0 aliphatic heterocycles. The molecular weight excluding hydrogens is 152 g/mol. The third-order valence-electron chi connectivity index (χ3n) is 0.601. The molecule has 0 radical (unpaired) electrons. The van der Waals surface area contributed by atoms with Gasteiger partial charge in [-0.3, -0.25) is 4.21 Å². The van der Waals surface area contributed by atoms with Crippen molar-refractivity contribution in [1.29, 1.82) is 0 Å².